The summed E-state index contributed by atoms with van der Waals surface area (Å²) in [7, 11) is 0. The molecule has 102 valence electrons. The van der Waals surface area contributed by atoms with E-state index < -0.39 is 11.9 Å². The smallest absolute Gasteiger partial charge is 0.270 e. The first-order valence-electron chi connectivity index (χ1n) is 5.77. The van der Waals surface area contributed by atoms with Crippen molar-refractivity contribution in [2.24, 2.45) is 0 Å². The number of aliphatic hydroxyl groups is 2. The first-order chi connectivity index (χ1) is 9.08. The molecule has 2 aromatic rings. The molecule has 7 nitrogen and oxygen atoms in total. The maximum atomic E-state index is 12.1. The summed E-state index contributed by atoms with van der Waals surface area (Å²) in [6.45, 7) is 0.931. The van der Waals surface area contributed by atoms with E-state index in [2.05, 4.69) is 10.3 Å². The zero-order valence-corrected chi connectivity index (χ0v) is 10.4. The summed E-state index contributed by atoms with van der Waals surface area (Å²) in [5.74, 6) is -0.491. The van der Waals surface area contributed by atoms with Crippen molar-refractivity contribution in [3.8, 4) is 5.75 Å². The normalized spacial score (nSPS) is 11.2. The number of imidazole rings is 1. The number of pyridine rings is 1. The molecule has 0 spiro atoms. The minimum absolute atomic E-state index is 0.0227. The topological polar surface area (TPSA) is 107 Å². The maximum absolute atomic E-state index is 12.1. The predicted molar refractivity (Wildman–Crippen MR) is 67.0 cm³/mol. The molecule has 0 fully saturated rings. The molecule has 7 heteroatoms. The quantitative estimate of drug-likeness (QED) is 0.592. The minimum atomic E-state index is -0.727. The van der Waals surface area contributed by atoms with Gasteiger partial charge in [0.05, 0.1) is 24.9 Å². The van der Waals surface area contributed by atoms with Crippen molar-refractivity contribution in [3.05, 3.63) is 29.7 Å². The number of hydrogen-bond acceptors (Lipinski definition) is 5. The standard InChI is InChI=1S/C12H15N3O4/c1-7-10(12(19)14-8(5-16)6-17)15-4-2-3-9(18)11(15)13-7/h2-4,8,16-18H,5-6H2,1H3,(H,14,19). The monoisotopic (exact) mass is 265 g/mol. The molecule has 2 rings (SSSR count). The Labute approximate surface area is 109 Å². The summed E-state index contributed by atoms with van der Waals surface area (Å²) < 4.78 is 1.46. The number of rotatable bonds is 4. The number of aliphatic hydroxyl groups excluding tert-OH is 2. The first-order valence-corrected chi connectivity index (χ1v) is 5.77. The van der Waals surface area contributed by atoms with Crippen molar-refractivity contribution >= 4 is 11.6 Å². The molecule has 0 saturated carbocycles. The second-order valence-electron chi connectivity index (χ2n) is 4.17. The molecule has 2 aromatic heterocycles. The highest BCUT2D eigenvalue weighted by Crippen LogP contribution is 2.20. The van der Waals surface area contributed by atoms with E-state index in [1.54, 1.807) is 19.2 Å². The Balaban J connectivity index is 2.42. The third-order valence-corrected chi connectivity index (χ3v) is 2.79. The van der Waals surface area contributed by atoms with Crippen LogP contribution in [-0.4, -0.2) is 49.9 Å². The van der Waals surface area contributed by atoms with Crippen molar-refractivity contribution in [2.45, 2.75) is 13.0 Å². The van der Waals surface area contributed by atoms with E-state index in [0.717, 1.165) is 0 Å². The summed E-state index contributed by atoms with van der Waals surface area (Å²) in [5.41, 5.74) is 1.00. The molecule has 1 amide bonds. The Kier molecular flexibility index (Phi) is 3.68. The van der Waals surface area contributed by atoms with Gasteiger partial charge in [-0.15, -0.1) is 0 Å². The summed E-state index contributed by atoms with van der Waals surface area (Å²) in [5, 5.41) is 30.1. The second kappa shape index (κ2) is 5.25. The zero-order chi connectivity index (χ0) is 14.0. The van der Waals surface area contributed by atoms with E-state index in [4.69, 9.17) is 10.2 Å². The third-order valence-electron chi connectivity index (χ3n) is 2.79. The van der Waals surface area contributed by atoms with E-state index in [1.807, 2.05) is 0 Å². The number of carbonyl (C=O) groups is 1. The van der Waals surface area contributed by atoms with E-state index in [0.29, 0.717) is 5.69 Å². The summed E-state index contributed by atoms with van der Waals surface area (Å²) in [4.78, 5) is 16.2. The van der Waals surface area contributed by atoms with Crippen LogP contribution in [0.15, 0.2) is 18.3 Å². The predicted octanol–water partition coefficient (Wildman–Crippen LogP) is -0.569. The van der Waals surface area contributed by atoms with Gasteiger partial charge in [0.15, 0.2) is 11.4 Å². The zero-order valence-electron chi connectivity index (χ0n) is 10.4. The molecule has 0 atom stereocenters. The molecule has 0 aromatic carbocycles. The Morgan fingerprint density at radius 1 is 1.47 bits per heavy atom. The number of aromatic nitrogens is 2. The average molecular weight is 265 g/mol. The van der Waals surface area contributed by atoms with Gasteiger partial charge in [0, 0.05) is 6.20 Å². The molecule has 19 heavy (non-hydrogen) atoms. The van der Waals surface area contributed by atoms with E-state index >= 15 is 0 Å². The molecule has 0 saturated heterocycles. The van der Waals surface area contributed by atoms with Gasteiger partial charge >= 0.3 is 0 Å². The third kappa shape index (κ3) is 2.38. The highest BCUT2D eigenvalue weighted by molar-refractivity contribution is 5.95. The lowest BCUT2D eigenvalue weighted by Gasteiger charge is -2.13. The average Bonchev–Trinajstić information content (AvgIpc) is 2.73. The molecule has 0 aliphatic carbocycles. The lowest BCUT2D eigenvalue weighted by molar-refractivity contribution is 0.0873. The number of fused-ring (bicyclic) bond motifs is 1. The van der Waals surface area contributed by atoms with Gasteiger partial charge in [0.1, 0.15) is 5.69 Å². The van der Waals surface area contributed by atoms with Gasteiger partial charge in [-0.05, 0) is 19.1 Å². The lowest BCUT2D eigenvalue weighted by atomic mass is 10.2. The molecule has 0 aliphatic heterocycles. The van der Waals surface area contributed by atoms with Crippen LogP contribution in [-0.2, 0) is 0 Å². The molecule has 0 aliphatic rings. The Morgan fingerprint density at radius 3 is 2.79 bits per heavy atom. The van der Waals surface area contributed by atoms with Crippen LogP contribution in [0.1, 0.15) is 16.2 Å². The first kappa shape index (κ1) is 13.3. The van der Waals surface area contributed by atoms with Crippen molar-refractivity contribution in [1.82, 2.24) is 14.7 Å². The Hall–Kier alpha value is -2.12. The molecular formula is C12H15N3O4. The fourth-order valence-corrected chi connectivity index (χ4v) is 1.84. The van der Waals surface area contributed by atoms with Gasteiger partial charge in [-0.2, -0.15) is 0 Å². The van der Waals surface area contributed by atoms with Gasteiger partial charge in [0.2, 0.25) is 0 Å². The van der Waals surface area contributed by atoms with Crippen LogP contribution in [0.5, 0.6) is 5.75 Å². The number of nitrogens with one attached hydrogen (secondary N) is 1. The lowest BCUT2D eigenvalue weighted by Crippen LogP contribution is -2.40. The van der Waals surface area contributed by atoms with E-state index in [9.17, 15) is 9.90 Å². The largest absolute Gasteiger partial charge is 0.504 e. The SMILES string of the molecule is Cc1nc2c(O)cccn2c1C(=O)NC(CO)CO. The van der Waals surface area contributed by atoms with Crippen LogP contribution in [0.2, 0.25) is 0 Å². The summed E-state index contributed by atoms with van der Waals surface area (Å²) in [6.07, 6.45) is 1.61. The van der Waals surface area contributed by atoms with Crippen LogP contribution >= 0.6 is 0 Å². The van der Waals surface area contributed by atoms with Gasteiger partial charge in [-0.3, -0.25) is 9.20 Å². The van der Waals surface area contributed by atoms with Crippen LogP contribution in [0.3, 0.4) is 0 Å². The molecule has 4 N–H and O–H groups in total. The number of carbonyl (C=O) groups excluding carboxylic acids is 1. The van der Waals surface area contributed by atoms with Crippen molar-refractivity contribution < 1.29 is 20.1 Å². The van der Waals surface area contributed by atoms with Crippen LogP contribution in [0.25, 0.3) is 5.65 Å². The van der Waals surface area contributed by atoms with E-state index in [-0.39, 0.29) is 30.3 Å². The maximum Gasteiger partial charge on any atom is 0.270 e. The highest BCUT2D eigenvalue weighted by Gasteiger charge is 2.20. The molecule has 0 radical (unpaired) electrons. The molecule has 2 heterocycles. The van der Waals surface area contributed by atoms with Gasteiger partial charge < -0.3 is 20.6 Å². The van der Waals surface area contributed by atoms with Gasteiger partial charge in [-0.25, -0.2) is 4.98 Å². The van der Waals surface area contributed by atoms with Crippen LogP contribution in [0, 0.1) is 6.92 Å². The van der Waals surface area contributed by atoms with Crippen LogP contribution in [0.4, 0.5) is 0 Å². The minimum Gasteiger partial charge on any atom is -0.504 e. The Bertz CT molecular complexity index is 604. The summed E-state index contributed by atoms with van der Waals surface area (Å²) in [6, 6.07) is 2.35. The number of aromatic hydroxyl groups is 1. The fraction of sp³-hybridized carbons (Fsp3) is 0.333. The van der Waals surface area contributed by atoms with Gasteiger partial charge in [0.25, 0.3) is 5.91 Å². The van der Waals surface area contributed by atoms with Crippen LogP contribution < -0.4 is 5.32 Å². The molecule has 0 bridgehead atoms. The Morgan fingerprint density at radius 2 is 2.16 bits per heavy atom. The fourth-order valence-electron chi connectivity index (χ4n) is 1.84. The number of nitrogens with zero attached hydrogens (tertiary/aromatic N) is 2. The number of amides is 1. The number of hydrogen-bond donors (Lipinski definition) is 4. The van der Waals surface area contributed by atoms with E-state index in [1.165, 1.54) is 10.5 Å². The van der Waals surface area contributed by atoms with Crippen molar-refractivity contribution in [2.75, 3.05) is 13.2 Å². The highest BCUT2D eigenvalue weighted by atomic mass is 16.3. The second-order valence-corrected chi connectivity index (χ2v) is 4.17. The number of aryl methyl sites for hydroxylation is 1. The molecular weight excluding hydrogens is 250 g/mol. The molecule has 0 unspecified atom stereocenters. The summed E-state index contributed by atoms with van der Waals surface area (Å²) >= 11 is 0. The van der Waals surface area contributed by atoms with Crippen molar-refractivity contribution in [1.29, 1.82) is 0 Å². The van der Waals surface area contributed by atoms with Crippen molar-refractivity contribution in [3.63, 3.8) is 0 Å². The van der Waals surface area contributed by atoms with Gasteiger partial charge in [-0.1, -0.05) is 0 Å².